The summed E-state index contributed by atoms with van der Waals surface area (Å²) in [7, 11) is 0. The second-order valence-corrected chi connectivity index (χ2v) is 5.70. The Labute approximate surface area is 128 Å². The predicted molar refractivity (Wildman–Crippen MR) is 79.1 cm³/mol. The fourth-order valence-electron chi connectivity index (χ4n) is 1.51. The summed E-state index contributed by atoms with van der Waals surface area (Å²) in [5, 5.41) is 11.7. The molecule has 0 saturated heterocycles. The number of carbonyl (C=O) groups excluding carboxylic acids is 1. The number of nitro benzene ring substituents is 1. The van der Waals surface area contributed by atoms with Crippen LogP contribution in [0.2, 0.25) is 10.0 Å². The maximum atomic E-state index is 11.0. The van der Waals surface area contributed by atoms with E-state index in [0.717, 1.165) is 0 Å². The molecule has 0 N–H and O–H groups in total. The van der Waals surface area contributed by atoms with Gasteiger partial charge in [0, 0.05) is 32.5 Å². The number of nitro groups is 1. The molecule has 0 atom stereocenters. The van der Waals surface area contributed by atoms with Crippen LogP contribution in [0.15, 0.2) is 46.2 Å². The zero-order valence-electron chi connectivity index (χ0n) is 9.88. The Hall–Kier alpha value is -1.56. The highest BCUT2D eigenvalue weighted by Crippen LogP contribution is 2.37. The van der Waals surface area contributed by atoms with E-state index < -0.39 is 4.92 Å². The van der Waals surface area contributed by atoms with Gasteiger partial charge in [0.05, 0.1) is 9.95 Å². The maximum Gasteiger partial charge on any atom is 0.270 e. The van der Waals surface area contributed by atoms with Gasteiger partial charge in [-0.25, -0.2) is 0 Å². The van der Waals surface area contributed by atoms with Crippen molar-refractivity contribution in [3.05, 3.63) is 62.1 Å². The molecule has 20 heavy (non-hydrogen) atoms. The number of nitrogens with zero attached hydrogens (tertiary/aromatic N) is 1. The van der Waals surface area contributed by atoms with Crippen molar-refractivity contribution in [2.24, 2.45) is 0 Å². The first-order chi connectivity index (χ1) is 9.51. The zero-order chi connectivity index (χ0) is 14.7. The minimum absolute atomic E-state index is 0.131. The first kappa shape index (κ1) is 14.8. The van der Waals surface area contributed by atoms with Gasteiger partial charge in [-0.2, -0.15) is 0 Å². The summed E-state index contributed by atoms with van der Waals surface area (Å²) < 4.78 is 0. The molecule has 0 bridgehead atoms. The van der Waals surface area contributed by atoms with E-state index in [1.54, 1.807) is 18.2 Å². The first-order valence-corrected chi connectivity index (χ1v) is 6.95. The van der Waals surface area contributed by atoms with Gasteiger partial charge in [0.2, 0.25) is 0 Å². The van der Waals surface area contributed by atoms with Crippen molar-refractivity contribution in [1.82, 2.24) is 0 Å². The number of rotatable bonds is 4. The summed E-state index contributed by atoms with van der Waals surface area (Å²) in [6.07, 6.45) is 0.577. The third-order valence-corrected chi connectivity index (χ3v) is 4.27. The Kier molecular flexibility index (Phi) is 4.65. The summed E-state index contributed by atoms with van der Waals surface area (Å²) >= 11 is 13.2. The molecule has 0 aliphatic rings. The van der Waals surface area contributed by atoms with E-state index in [2.05, 4.69) is 0 Å². The van der Waals surface area contributed by atoms with Gasteiger partial charge in [0.25, 0.3) is 5.69 Å². The van der Waals surface area contributed by atoms with Gasteiger partial charge in [-0.1, -0.05) is 35.0 Å². The Morgan fingerprint density at radius 1 is 1.10 bits per heavy atom. The van der Waals surface area contributed by atoms with Crippen LogP contribution in [0.1, 0.15) is 10.4 Å². The second kappa shape index (κ2) is 6.26. The molecule has 0 fully saturated rings. The van der Waals surface area contributed by atoms with Crippen LogP contribution >= 0.6 is 35.0 Å². The minimum atomic E-state index is -0.548. The van der Waals surface area contributed by atoms with Crippen LogP contribution in [0.3, 0.4) is 0 Å². The standard InChI is InChI=1S/C13H7Cl2NO3S/c14-9-1-3-11(15)13(6-9)20-12-4-2-10(16(18)19)5-8(12)7-17/h1-7H. The average Bonchev–Trinajstić information content (AvgIpc) is 2.43. The van der Waals surface area contributed by atoms with Crippen molar-refractivity contribution in [3.8, 4) is 0 Å². The van der Waals surface area contributed by atoms with Gasteiger partial charge in [0.1, 0.15) is 0 Å². The quantitative estimate of drug-likeness (QED) is 0.456. The Morgan fingerprint density at radius 2 is 1.85 bits per heavy atom. The topological polar surface area (TPSA) is 60.2 Å². The number of benzene rings is 2. The largest absolute Gasteiger partial charge is 0.298 e. The predicted octanol–water partition coefficient (Wildman–Crippen LogP) is 4.87. The summed E-state index contributed by atoms with van der Waals surface area (Å²) in [6.45, 7) is 0. The first-order valence-electron chi connectivity index (χ1n) is 5.38. The van der Waals surface area contributed by atoms with E-state index in [1.165, 1.54) is 30.0 Å². The van der Waals surface area contributed by atoms with E-state index in [1.807, 2.05) is 0 Å². The highest BCUT2D eigenvalue weighted by atomic mass is 35.5. The summed E-state index contributed by atoms with van der Waals surface area (Å²) in [5.74, 6) is 0. The van der Waals surface area contributed by atoms with Crippen molar-refractivity contribution in [3.63, 3.8) is 0 Å². The fraction of sp³-hybridized carbons (Fsp3) is 0. The summed E-state index contributed by atoms with van der Waals surface area (Å²) in [6, 6.07) is 9.07. The molecular weight excluding hydrogens is 321 g/mol. The second-order valence-electron chi connectivity index (χ2n) is 3.77. The van der Waals surface area contributed by atoms with Crippen LogP contribution in [-0.4, -0.2) is 11.2 Å². The lowest BCUT2D eigenvalue weighted by atomic mass is 10.2. The molecule has 0 aliphatic carbocycles. The normalized spacial score (nSPS) is 10.3. The fourth-order valence-corrected chi connectivity index (χ4v) is 2.93. The molecule has 0 spiro atoms. The number of non-ortho nitro benzene ring substituents is 1. The SMILES string of the molecule is O=Cc1cc([N+](=O)[O-])ccc1Sc1cc(Cl)ccc1Cl. The molecule has 102 valence electrons. The Bertz CT molecular complexity index is 691. The third kappa shape index (κ3) is 3.30. The molecule has 0 heterocycles. The monoisotopic (exact) mass is 327 g/mol. The van der Waals surface area contributed by atoms with Gasteiger partial charge in [-0.05, 0) is 24.3 Å². The number of hydrogen-bond donors (Lipinski definition) is 0. The Balaban J connectivity index is 2.40. The average molecular weight is 328 g/mol. The van der Waals surface area contributed by atoms with Gasteiger partial charge in [-0.3, -0.25) is 14.9 Å². The molecule has 0 aliphatic heterocycles. The lowest BCUT2D eigenvalue weighted by Gasteiger charge is -2.07. The van der Waals surface area contributed by atoms with E-state index in [9.17, 15) is 14.9 Å². The van der Waals surface area contributed by atoms with E-state index >= 15 is 0 Å². The molecule has 0 saturated carbocycles. The zero-order valence-corrected chi connectivity index (χ0v) is 12.2. The van der Waals surface area contributed by atoms with Crippen molar-refractivity contribution in [2.75, 3.05) is 0 Å². The van der Waals surface area contributed by atoms with Crippen molar-refractivity contribution >= 4 is 46.9 Å². The third-order valence-electron chi connectivity index (χ3n) is 2.44. The van der Waals surface area contributed by atoms with Crippen molar-refractivity contribution < 1.29 is 9.72 Å². The molecule has 0 aromatic heterocycles. The van der Waals surface area contributed by atoms with Crippen LogP contribution in [0.4, 0.5) is 5.69 Å². The highest BCUT2D eigenvalue weighted by Gasteiger charge is 2.12. The smallest absolute Gasteiger partial charge is 0.270 e. The van der Waals surface area contributed by atoms with E-state index in [-0.39, 0.29) is 11.3 Å². The van der Waals surface area contributed by atoms with Gasteiger partial charge >= 0.3 is 0 Å². The summed E-state index contributed by atoms with van der Waals surface area (Å²) in [5.41, 5.74) is 0.105. The number of hydrogen-bond acceptors (Lipinski definition) is 4. The van der Waals surface area contributed by atoms with Crippen molar-refractivity contribution in [2.45, 2.75) is 9.79 Å². The molecule has 0 unspecified atom stereocenters. The number of carbonyl (C=O) groups is 1. The van der Waals surface area contributed by atoms with Gasteiger partial charge < -0.3 is 0 Å². The van der Waals surface area contributed by atoms with E-state index in [4.69, 9.17) is 23.2 Å². The summed E-state index contributed by atoms with van der Waals surface area (Å²) in [4.78, 5) is 22.4. The maximum absolute atomic E-state index is 11.0. The molecule has 0 radical (unpaired) electrons. The van der Waals surface area contributed by atoms with Crippen LogP contribution in [0, 0.1) is 10.1 Å². The minimum Gasteiger partial charge on any atom is -0.298 e. The van der Waals surface area contributed by atoms with Crippen molar-refractivity contribution in [1.29, 1.82) is 0 Å². The molecule has 7 heteroatoms. The molecular formula is C13H7Cl2NO3S. The van der Waals surface area contributed by atoms with Gasteiger partial charge in [0.15, 0.2) is 6.29 Å². The van der Waals surface area contributed by atoms with E-state index in [0.29, 0.717) is 26.1 Å². The van der Waals surface area contributed by atoms with Crippen LogP contribution in [0.25, 0.3) is 0 Å². The van der Waals surface area contributed by atoms with Crippen LogP contribution < -0.4 is 0 Å². The molecule has 2 aromatic carbocycles. The number of halogens is 2. The molecule has 2 aromatic rings. The number of aldehydes is 1. The highest BCUT2D eigenvalue weighted by molar-refractivity contribution is 7.99. The molecule has 4 nitrogen and oxygen atoms in total. The molecule has 0 amide bonds. The van der Waals surface area contributed by atoms with Crippen LogP contribution in [0.5, 0.6) is 0 Å². The lowest BCUT2D eigenvalue weighted by molar-refractivity contribution is -0.384. The Morgan fingerprint density at radius 3 is 2.50 bits per heavy atom. The molecule has 2 rings (SSSR count). The van der Waals surface area contributed by atoms with Crippen LogP contribution in [-0.2, 0) is 0 Å². The van der Waals surface area contributed by atoms with Gasteiger partial charge in [-0.15, -0.1) is 0 Å². The lowest BCUT2D eigenvalue weighted by Crippen LogP contribution is -1.92.